The molecule has 1 unspecified atom stereocenters. The summed E-state index contributed by atoms with van der Waals surface area (Å²) in [5.41, 5.74) is 0.754. The Morgan fingerprint density at radius 2 is 2.26 bits per heavy atom. The Labute approximate surface area is 113 Å². The molecule has 1 fully saturated rings. The SMILES string of the molecule is COC(=O)c1nc(C)cc(NC2CCCNCC2)n1. The lowest BCUT2D eigenvalue weighted by Gasteiger charge is -2.17. The summed E-state index contributed by atoms with van der Waals surface area (Å²) in [6, 6.07) is 2.24. The zero-order valence-electron chi connectivity index (χ0n) is 11.4. The summed E-state index contributed by atoms with van der Waals surface area (Å²) in [4.78, 5) is 19.8. The van der Waals surface area contributed by atoms with Gasteiger partial charge in [0, 0.05) is 17.8 Å². The van der Waals surface area contributed by atoms with Crippen molar-refractivity contribution in [1.82, 2.24) is 15.3 Å². The number of nitrogens with zero attached hydrogens (tertiary/aromatic N) is 2. The van der Waals surface area contributed by atoms with E-state index in [1.165, 1.54) is 7.11 Å². The van der Waals surface area contributed by atoms with Crippen molar-refractivity contribution < 1.29 is 9.53 Å². The molecule has 2 heterocycles. The number of anilines is 1. The molecule has 1 atom stereocenters. The molecular weight excluding hydrogens is 244 g/mol. The molecule has 1 saturated heterocycles. The second-order valence-electron chi connectivity index (χ2n) is 4.73. The molecule has 1 aliphatic heterocycles. The maximum absolute atomic E-state index is 11.5. The first-order valence-corrected chi connectivity index (χ1v) is 6.60. The fraction of sp³-hybridized carbons (Fsp3) is 0.615. The van der Waals surface area contributed by atoms with Gasteiger partial charge in [-0.3, -0.25) is 0 Å². The summed E-state index contributed by atoms with van der Waals surface area (Å²) in [7, 11) is 1.33. The van der Waals surface area contributed by atoms with Gasteiger partial charge in [-0.25, -0.2) is 14.8 Å². The van der Waals surface area contributed by atoms with E-state index in [4.69, 9.17) is 0 Å². The third kappa shape index (κ3) is 3.89. The Morgan fingerprint density at radius 3 is 3.05 bits per heavy atom. The highest BCUT2D eigenvalue weighted by Gasteiger charge is 2.15. The Morgan fingerprint density at radius 1 is 1.42 bits per heavy atom. The van der Waals surface area contributed by atoms with Crippen LogP contribution in [0.4, 0.5) is 5.82 Å². The van der Waals surface area contributed by atoms with Gasteiger partial charge in [-0.15, -0.1) is 0 Å². The number of ether oxygens (including phenoxy) is 1. The quantitative estimate of drug-likeness (QED) is 0.797. The van der Waals surface area contributed by atoms with E-state index in [0.29, 0.717) is 11.9 Å². The third-order valence-electron chi connectivity index (χ3n) is 3.15. The number of carbonyl (C=O) groups excluding carboxylic acids is 1. The Balaban J connectivity index is 2.10. The van der Waals surface area contributed by atoms with Crippen LogP contribution in [-0.2, 0) is 4.74 Å². The molecule has 6 nitrogen and oxygen atoms in total. The number of aromatic nitrogens is 2. The number of aryl methyl sites for hydroxylation is 1. The Kier molecular flexibility index (Phi) is 4.68. The molecule has 2 rings (SSSR count). The highest BCUT2D eigenvalue weighted by atomic mass is 16.5. The number of nitrogens with one attached hydrogen (secondary N) is 2. The summed E-state index contributed by atoms with van der Waals surface area (Å²) < 4.78 is 4.65. The van der Waals surface area contributed by atoms with Gasteiger partial charge in [-0.1, -0.05) is 0 Å². The van der Waals surface area contributed by atoms with Crippen LogP contribution in [0.3, 0.4) is 0 Å². The normalized spacial score (nSPS) is 19.6. The van der Waals surface area contributed by atoms with Crippen molar-refractivity contribution in [1.29, 1.82) is 0 Å². The van der Waals surface area contributed by atoms with Gasteiger partial charge in [-0.05, 0) is 39.3 Å². The average Bonchev–Trinajstić information content (AvgIpc) is 2.65. The van der Waals surface area contributed by atoms with Crippen LogP contribution in [0.2, 0.25) is 0 Å². The van der Waals surface area contributed by atoms with Crippen LogP contribution in [0.5, 0.6) is 0 Å². The van der Waals surface area contributed by atoms with E-state index in [-0.39, 0.29) is 5.82 Å². The lowest BCUT2D eigenvalue weighted by Crippen LogP contribution is -2.23. The predicted octanol–water partition coefficient (Wildman–Crippen LogP) is 1.13. The fourth-order valence-corrected chi connectivity index (χ4v) is 2.20. The average molecular weight is 264 g/mol. The molecule has 0 aliphatic carbocycles. The van der Waals surface area contributed by atoms with E-state index in [0.717, 1.165) is 38.0 Å². The molecular formula is C13H20N4O2. The van der Waals surface area contributed by atoms with E-state index < -0.39 is 5.97 Å². The number of esters is 1. The maximum atomic E-state index is 11.5. The molecule has 0 radical (unpaired) electrons. The lowest BCUT2D eigenvalue weighted by atomic mass is 10.1. The summed E-state index contributed by atoms with van der Waals surface area (Å²) in [5.74, 6) is 0.297. The van der Waals surface area contributed by atoms with Gasteiger partial charge in [-0.2, -0.15) is 0 Å². The van der Waals surface area contributed by atoms with Gasteiger partial charge >= 0.3 is 5.97 Å². The molecule has 0 aromatic carbocycles. The van der Waals surface area contributed by atoms with Crippen LogP contribution in [0.15, 0.2) is 6.07 Å². The number of carbonyl (C=O) groups is 1. The fourth-order valence-electron chi connectivity index (χ4n) is 2.20. The number of methoxy groups -OCH3 is 1. The van der Waals surface area contributed by atoms with Crippen molar-refractivity contribution in [2.75, 3.05) is 25.5 Å². The van der Waals surface area contributed by atoms with Gasteiger partial charge in [0.25, 0.3) is 0 Å². The molecule has 104 valence electrons. The first-order valence-electron chi connectivity index (χ1n) is 6.60. The minimum atomic E-state index is -0.505. The summed E-state index contributed by atoms with van der Waals surface area (Å²) in [5, 5.41) is 6.75. The molecule has 19 heavy (non-hydrogen) atoms. The smallest absolute Gasteiger partial charge is 0.376 e. The molecule has 6 heteroatoms. The first-order chi connectivity index (χ1) is 9.19. The Bertz CT molecular complexity index is 442. The Hall–Kier alpha value is -1.69. The largest absolute Gasteiger partial charge is 0.463 e. The highest BCUT2D eigenvalue weighted by Crippen LogP contribution is 2.14. The zero-order chi connectivity index (χ0) is 13.7. The number of hydrogen-bond acceptors (Lipinski definition) is 6. The highest BCUT2D eigenvalue weighted by molar-refractivity contribution is 5.85. The second kappa shape index (κ2) is 6.47. The number of rotatable bonds is 3. The number of hydrogen-bond donors (Lipinski definition) is 2. The van der Waals surface area contributed by atoms with E-state index in [2.05, 4.69) is 25.3 Å². The van der Waals surface area contributed by atoms with E-state index >= 15 is 0 Å². The lowest BCUT2D eigenvalue weighted by molar-refractivity contribution is 0.0586. The molecule has 0 spiro atoms. The molecule has 1 aliphatic rings. The third-order valence-corrected chi connectivity index (χ3v) is 3.15. The maximum Gasteiger partial charge on any atom is 0.376 e. The minimum Gasteiger partial charge on any atom is -0.463 e. The second-order valence-corrected chi connectivity index (χ2v) is 4.73. The van der Waals surface area contributed by atoms with Crippen molar-refractivity contribution in [2.24, 2.45) is 0 Å². The van der Waals surface area contributed by atoms with Crippen molar-refractivity contribution in [3.05, 3.63) is 17.6 Å². The molecule has 0 amide bonds. The van der Waals surface area contributed by atoms with Gasteiger partial charge in [0.2, 0.25) is 5.82 Å². The van der Waals surface area contributed by atoms with Crippen LogP contribution in [-0.4, -0.2) is 42.2 Å². The van der Waals surface area contributed by atoms with Crippen molar-refractivity contribution in [3.63, 3.8) is 0 Å². The molecule has 0 saturated carbocycles. The molecule has 1 aromatic heterocycles. The molecule has 1 aromatic rings. The predicted molar refractivity (Wildman–Crippen MR) is 72.2 cm³/mol. The zero-order valence-corrected chi connectivity index (χ0v) is 11.4. The van der Waals surface area contributed by atoms with Crippen LogP contribution in [0.1, 0.15) is 35.6 Å². The van der Waals surface area contributed by atoms with Crippen molar-refractivity contribution in [2.45, 2.75) is 32.2 Å². The van der Waals surface area contributed by atoms with Gasteiger partial charge in [0.1, 0.15) is 5.82 Å². The van der Waals surface area contributed by atoms with Gasteiger partial charge in [0.05, 0.1) is 7.11 Å². The minimum absolute atomic E-state index is 0.108. The van der Waals surface area contributed by atoms with Gasteiger partial charge in [0.15, 0.2) is 0 Å². The van der Waals surface area contributed by atoms with Crippen molar-refractivity contribution >= 4 is 11.8 Å². The summed E-state index contributed by atoms with van der Waals surface area (Å²) in [6.45, 7) is 3.91. The standard InChI is InChI=1S/C13H20N4O2/c1-9-8-11(17-12(15-9)13(18)19-2)16-10-4-3-6-14-7-5-10/h8,10,14H,3-7H2,1-2H3,(H,15,16,17). The first kappa shape index (κ1) is 13.7. The summed E-state index contributed by atoms with van der Waals surface area (Å²) >= 11 is 0. The topological polar surface area (TPSA) is 76.1 Å². The van der Waals surface area contributed by atoms with E-state index in [1.54, 1.807) is 0 Å². The van der Waals surface area contributed by atoms with Crippen LogP contribution in [0.25, 0.3) is 0 Å². The molecule has 2 N–H and O–H groups in total. The molecule has 0 bridgehead atoms. The van der Waals surface area contributed by atoms with Gasteiger partial charge < -0.3 is 15.4 Å². The monoisotopic (exact) mass is 264 g/mol. The van der Waals surface area contributed by atoms with Crippen LogP contribution < -0.4 is 10.6 Å². The summed E-state index contributed by atoms with van der Waals surface area (Å²) in [6.07, 6.45) is 3.30. The van der Waals surface area contributed by atoms with Crippen LogP contribution in [0, 0.1) is 6.92 Å². The van der Waals surface area contributed by atoms with E-state index in [9.17, 15) is 4.79 Å². The van der Waals surface area contributed by atoms with Crippen LogP contribution >= 0.6 is 0 Å². The van der Waals surface area contributed by atoms with Crippen molar-refractivity contribution in [3.8, 4) is 0 Å². The van der Waals surface area contributed by atoms with E-state index in [1.807, 2.05) is 13.0 Å².